The van der Waals surface area contributed by atoms with Gasteiger partial charge < -0.3 is 15.2 Å². The second-order valence-corrected chi connectivity index (χ2v) is 5.48. The largest absolute Gasteiger partial charge is 0.462 e. The van der Waals surface area contributed by atoms with E-state index in [9.17, 15) is 9.90 Å². The van der Waals surface area contributed by atoms with Gasteiger partial charge in [0, 0.05) is 18.1 Å². The number of benzene rings is 1. The fourth-order valence-corrected chi connectivity index (χ4v) is 2.46. The Bertz CT molecular complexity index is 696. The minimum atomic E-state index is -0.524. The highest BCUT2D eigenvalue weighted by atomic mass is 16.5. The molecule has 1 atom stereocenters. The maximum Gasteiger partial charge on any atom is 0.341 e. The van der Waals surface area contributed by atoms with Gasteiger partial charge in [-0.2, -0.15) is 0 Å². The topological polar surface area (TPSA) is 71.5 Å². The molecule has 5 nitrogen and oxygen atoms in total. The molecule has 0 spiro atoms. The van der Waals surface area contributed by atoms with Gasteiger partial charge in [-0.1, -0.05) is 11.6 Å². The molecule has 0 saturated heterocycles. The Morgan fingerprint density at radius 3 is 2.77 bits per heavy atom. The van der Waals surface area contributed by atoms with Crippen LogP contribution in [-0.4, -0.2) is 35.3 Å². The van der Waals surface area contributed by atoms with E-state index in [-0.39, 0.29) is 0 Å². The van der Waals surface area contributed by atoms with Crippen molar-refractivity contribution in [3.05, 3.63) is 35.0 Å². The SMILES string of the molecule is CCOC(=O)c1cnc2c(C)cc(C)cc2c1NC[C@@H](C)O. The zero-order valence-electron chi connectivity index (χ0n) is 13.4. The maximum atomic E-state index is 12.2. The van der Waals surface area contributed by atoms with E-state index < -0.39 is 12.1 Å². The molecule has 0 unspecified atom stereocenters. The highest BCUT2D eigenvalue weighted by molar-refractivity contribution is 6.05. The van der Waals surface area contributed by atoms with Gasteiger partial charge in [0.05, 0.1) is 23.9 Å². The van der Waals surface area contributed by atoms with Crippen molar-refractivity contribution in [2.75, 3.05) is 18.5 Å². The molecule has 0 amide bonds. The molecule has 1 aromatic carbocycles. The van der Waals surface area contributed by atoms with Crippen molar-refractivity contribution < 1.29 is 14.6 Å². The smallest absolute Gasteiger partial charge is 0.341 e. The van der Waals surface area contributed by atoms with Gasteiger partial charge in [-0.3, -0.25) is 4.98 Å². The molecule has 5 heteroatoms. The molecule has 2 aromatic rings. The van der Waals surface area contributed by atoms with E-state index in [0.717, 1.165) is 22.0 Å². The minimum Gasteiger partial charge on any atom is -0.462 e. The zero-order chi connectivity index (χ0) is 16.3. The Hall–Kier alpha value is -2.14. The molecule has 0 aliphatic rings. The number of nitrogens with zero attached hydrogens (tertiary/aromatic N) is 1. The van der Waals surface area contributed by atoms with Crippen molar-refractivity contribution in [1.82, 2.24) is 4.98 Å². The Kier molecular flexibility index (Phi) is 4.98. The predicted molar refractivity (Wildman–Crippen MR) is 87.3 cm³/mol. The number of nitrogens with one attached hydrogen (secondary N) is 1. The molecule has 22 heavy (non-hydrogen) atoms. The van der Waals surface area contributed by atoms with E-state index >= 15 is 0 Å². The van der Waals surface area contributed by atoms with Crippen molar-refractivity contribution in [3.63, 3.8) is 0 Å². The lowest BCUT2D eigenvalue weighted by Gasteiger charge is -2.16. The number of esters is 1. The van der Waals surface area contributed by atoms with Crippen LogP contribution in [0.25, 0.3) is 10.9 Å². The van der Waals surface area contributed by atoms with Crippen LogP contribution in [0.5, 0.6) is 0 Å². The molecule has 0 bridgehead atoms. The lowest BCUT2D eigenvalue weighted by Crippen LogP contribution is -2.18. The number of hydrogen-bond donors (Lipinski definition) is 2. The summed E-state index contributed by atoms with van der Waals surface area (Å²) in [5.74, 6) is -0.413. The van der Waals surface area contributed by atoms with Crippen molar-refractivity contribution in [2.24, 2.45) is 0 Å². The molecule has 0 radical (unpaired) electrons. The van der Waals surface area contributed by atoms with E-state index in [4.69, 9.17) is 4.74 Å². The maximum absolute atomic E-state index is 12.2. The number of anilines is 1. The molecular weight excluding hydrogens is 280 g/mol. The van der Waals surface area contributed by atoms with Gasteiger partial charge in [-0.05, 0) is 39.3 Å². The molecule has 118 valence electrons. The lowest BCUT2D eigenvalue weighted by atomic mass is 10.0. The van der Waals surface area contributed by atoms with E-state index in [0.29, 0.717) is 24.4 Å². The third kappa shape index (κ3) is 3.36. The van der Waals surface area contributed by atoms with Crippen molar-refractivity contribution in [1.29, 1.82) is 0 Å². The number of carbonyl (C=O) groups excluding carboxylic acids is 1. The summed E-state index contributed by atoms with van der Waals surface area (Å²) in [7, 11) is 0. The highest BCUT2D eigenvalue weighted by Crippen LogP contribution is 2.29. The van der Waals surface area contributed by atoms with Gasteiger partial charge in [0.2, 0.25) is 0 Å². The number of aliphatic hydroxyl groups is 1. The number of aliphatic hydroxyl groups excluding tert-OH is 1. The quantitative estimate of drug-likeness (QED) is 0.831. The van der Waals surface area contributed by atoms with Crippen LogP contribution in [0.4, 0.5) is 5.69 Å². The number of aromatic nitrogens is 1. The predicted octanol–water partition coefficient (Wildman–Crippen LogP) is 2.82. The number of pyridine rings is 1. The average molecular weight is 302 g/mol. The van der Waals surface area contributed by atoms with Gasteiger partial charge in [0.1, 0.15) is 5.56 Å². The van der Waals surface area contributed by atoms with Crippen LogP contribution in [0.2, 0.25) is 0 Å². The summed E-state index contributed by atoms with van der Waals surface area (Å²) in [6.07, 6.45) is 1.01. The second kappa shape index (κ2) is 6.75. The van der Waals surface area contributed by atoms with Gasteiger partial charge >= 0.3 is 5.97 Å². The second-order valence-electron chi connectivity index (χ2n) is 5.48. The first-order chi connectivity index (χ1) is 10.4. The van der Waals surface area contributed by atoms with Crippen LogP contribution in [0, 0.1) is 13.8 Å². The summed E-state index contributed by atoms with van der Waals surface area (Å²) in [6, 6.07) is 4.04. The van der Waals surface area contributed by atoms with E-state index in [1.54, 1.807) is 13.8 Å². The molecule has 0 aliphatic carbocycles. The van der Waals surface area contributed by atoms with Gasteiger partial charge in [0.15, 0.2) is 0 Å². The van der Waals surface area contributed by atoms with Crippen LogP contribution >= 0.6 is 0 Å². The van der Waals surface area contributed by atoms with Crippen LogP contribution in [0.1, 0.15) is 35.3 Å². The average Bonchev–Trinajstić information content (AvgIpc) is 2.44. The number of aryl methyl sites for hydroxylation is 2. The van der Waals surface area contributed by atoms with Crippen LogP contribution in [0.3, 0.4) is 0 Å². The first-order valence-electron chi connectivity index (χ1n) is 7.43. The summed E-state index contributed by atoms with van der Waals surface area (Å²) in [6.45, 7) is 8.10. The molecule has 1 aromatic heterocycles. The van der Waals surface area contributed by atoms with E-state index in [1.165, 1.54) is 6.20 Å². The minimum absolute atomic E-state index is 0.305. The summed E-state index contributed by atoms with van der Waals surface area (Å²) >= 11 is 0. The van der Waals surface area contributed by atoms with Crippen LogP contribution in [0.15, 0.2) is 18.3 Å². The number of carbonyl (C=O) groups is 1. The lowest BCUT2D eigenvalue weighted by molar-refractivity contribution is 0.0527. The Morgan fingerprint density at radius 2 is 2.14 bits per heavy atom. The van der Waals surface area contributed by atoms with E-state index in [2.05, 4.69) is 16.4 Å². The molecule has 0 saturated carbocycles. The monoisotopic (exact) mass is 302 g/mol. The number of ether oxygens (including phenoxy) is 1. The molecule has 2 N–H and O–H groups in total. The van der Waals surface area contributed by atoms with Crippen molar-refractivity contribution in [2.45, 2.75) is 33.8 Å². The van der Waals surface area contributed by atoms with Gasteiger partial charge in [0.25, 0.3) is 0 Å². The number of rotatable bonds is 5. The Labute approximate surface area is 130 Å². The zero-order valence-corrected chi connectivity index (χ0v) is 13.4. The Morgan fingerprint density at radius 1 is 1.41 bits per heavy atom. The highest BCUT2D eigenvalue weighted by Gasteiger charge is 2.18. The van der Waals surface area contributed by atoms with Gasteiger partial charge in [-0.25, -0.2) is 4.79 Å². The standard InChI is InChI=1S/C17H22N2O3/c1-5-22-17(21)14-9-19-15-11(3)6-10(2)7-13(15)16(14)18-8-12(4)20/h6-7,9,12,20H,5,8H2,1-4H3,(H,18,19)/t12-/m1/s1. The van der Waals surface area contributed by atoms with Crippen molar-refractivity contribution in [3.8, 4) is 0 Å². The normalized spacial score (nSPS) is 12.2. The number of hydrogen-bond acceptors (Lipinski definition) is 5. The third-order valence-corrected chi connectivity index (χ3v) is 3.38. The van der Waals surface area contributed by atoms with Crippen molar-refractivity contribution >= 4 is 22.6 Å². The molecule has 0 aliphatic heterocycles. The summed E-state index contributed by atoms with van der Waals surface area (Å²) in [5.41, 5.74) is 4.03. The molecule has 1 heterocycles. The summed E-state index contributed by atoms with van der Waals surface area (Å²) < 4.78 is 5.10. The number of fused-ring (bicyclic) bond motifs is 1. The van der Waals surface area contributed by atoms with E-state index in [1.807, 2.05) is 19.9 Å². The fraction of sp³-hybridized carbons (Fsp3) is 0.412. The summed E-state index contributed by atoms with van der Waals surface area (Å²) in [5, 5.41) is 13.6. The molecule has 0 fully saturated rings. The first-order valence-corrected chi connectivity index (χ1v) is 7.43. The van der Waals surface area contributed by atoms with Crippen LogP contribution in [-0.2, 0) is 4.74 Å². The first kappa shape index (κ1) is 16.2. The third-order valence-electron chi connectivity index (χ3n) is 3.38. The molecule has 2 rings (SSSR count). The van der Waals surface area contributed by atoms with Crippen LogP contribution < -0.4 is 5.32 Å². The Balaban J connectivity index is 2.63. The van der Waals surface area contributed by atoms with Gasteiger partial charge in [-0.15, -0.1) is 0 Å². The molecular formula is C17H22N2O3. The summed E-state index contributed by atoms with van der Waals surface area (Å²) in [4.78, 5) is 16.6. The fourth-order valence-electron chi connectivity index (χ4n) is 2.46.